The van der Waals surface area contributed by atoms with Gasteiger partial charge in [-0.05, 0) is 56.9 Å². The molecule has 8 heteroatoms. The molecule has 2 aromatic rings. The van der Waals surface area contributed by atoms with Gasteiger partial charge in [0.1, 0.15) is 0 Å². The molecule has 0 radical (unpaired) electrons. The number of aromatic nitrogens is 1. The lowest BCUT2D eigenvalue weighted by atomic mass is 9.82. The van der Waals surface area contributed by atoms with E-state index in [1.54, 1.807) is 12.3 Å². The lowest BCUT2D eigenvalue weighted by molar-refractivity contribution is -0.122. The van der Waals surface area contributed by atoms with Crippen LogP contribution in [0.5, 0.6) is 0 Å². The second-order valence-electron chi connectivity index (χ2n) is 9.43. The zero-order valence-corrected chi connectivity index (χ0v) is 19.8. The summed E-state index contributed by atoms with van der Waals surface area (Å²) in [6.45, 7) is 5.13. The molecule has 1 aliphatic carbocycles. The van der Waals surface area contributed by atoms with E-state index in [0.717, 1.165) is 55.7 Å². The number of amides is 3. The van der Waals surface area contributed by atoms with Gasteiger partial charge in [0.25, 0.3) is 5.91 Å². The molecule has 1 aromatic carbocycles. The van der Waals surface area contributed by atoms with Gasteiger partial charge in [0, 0.05) is 43.2 Å². The van der Waals surface area contributed by atoms with E-state index in [-0.39, 0.29) is 30.3 Å². The van der Waals surface area contributed by atoms with Crippen molar-refractivity contribution in [3.8, 4) is 0 Å². The molecular weight excluding hydrogens is 430 g/mol. The van der Waals surface area contributed by atoms with Crippen LogP contribution in [0.15, 0.2) is 42.6 Å². The Labute approximate surface area is 200 Å². The smallest absolute Gasteiger partial charge is 0.251 e. The van der Waals surface area contributed by atoms with E-state index in [4.69, 9.17) is 0 Å². The second-order valence-corrected chi connectivity index (χ2v) is 9.43. The van der Waals surface area contributed by atoms with Crippen LogP contribution < -0.4 is 16.0 Å². The largest absolute Gasteiger partial charge is 0.349 e. The highest BCUT2D eigenvalue weighted by molar-refractivity contribution is 5.96. The van der Waals surface area contributed by atoms with Crippen LogP contribution in [0.1, 0.15) is 60.1 Å². The standard InChI is InChI=1S/C26H33N5O3/c1-17-4-3-5-20(12-17)26(34)28-14-25(33)30-22-15-31(16-22)23-9-6-19(7-10-23)24-11-8-21(13-27-24)29-18(2)32/h3-5,8,11-13,19,22-23H,6-7,9-10,14-16H2,1-2H3,(H,28,34)(H,29,32)(H,30,33)/t19-,23+. The molecule has 2 heterocycles. The quantitative estimate of drug-likeness (QED) is 0.586. The SMILES string of the molecule is CC(=O)Nc1ccc([C@H]2CC[C@@H](N3CC(NC(=O)CNC(=O)c4cccc(C)c4)C3)CC2)nc1. The molecule has 1 saturated carbocycles. The lowest BCUT2D eigenvalue weighted by Crippen LogP contribution is -2.63. The third-order valence-electron chi connectivity index (χ3n) is 6.70. The summed E-state index contributed by atoms with van der Waals surface area (Å²) in [5.74, 6) is -0.0178. The Balaban J connectivity index is 1.14. The third-order valence-corrected chi connectivity index (χ3v) is 6.70. The van der Waals surface area contributed by atoms with Gasteiger partial charge in [-0.1, -0.05) is 17.7 Å². The van der Waals surface area contributed by atoms with Crippen LogP contribution in [0.3, 0.4) is 0 Å². The van der Waals surface area contributed by atoms with Crippen LogP contribution >= 0.6 is 0 Å². The summed E-state index contributed by atoms with van der Waals surface area (Å²) in [4.78, 5) is 42.6. The van der Waals surface area contributed by atoms with Crippen molar-refractivity contribution in [1.82, 2.24) is 20.5 Å². The van der Waals surface area contributed by atoms with Crippen molar-refractivity contribution in [2.75, 3.05) is 25.0 Å². The van der Waals surface area contributed by atoms with Crippen LogP contribution in [0, 0.1) is 6.92 Å². The van der Waals surface area contributed by atoms with Gasteiger partial charge in [-0.3, -0.25) is 24.3 Å². The zero-order chi connectivity index (χ0) is 24.1. The Morgan fingerprint density at radius 1 is 1.06 bits per heavy atom. The third kappa shape index (κ3) is 6.20. The van der Waals surface area contributed by atoms with Gasteiger partial charge in [-0.25, -0.2) is 0 Å². The number of carbonyl (C=O) groups excluding carboxylic acids is 3. The van der Waals surface area contributed by atoms with Crippen LogP contribution in [-0.4, -0.2) is 59.3 Å². The Bertz CT molecular complexity index is 1020. The van der Waals surface area contributed by atoms with E-state index in [1.807, 2.05) is 37.3 Å². The summed E-state index contributed by atoms with van der Waals surface area (Å²) >= 11 is 0. The second kappa shape index (κ2) is 10.8. The van der Waals surface area contributed by atoms with E-state index in [9.17, 15) is 14.4 Å². The summed E-state index contributed by atoms with van der Waals surface area (Å²) in [6, 6.07) is 11.9. The number of likely N-dealkylation sites (tertiary alicyclic amines) is 1. The van der Waals surface area contributed by atoms with E-state index in [0.29, 0.717) is 17.5 Å². The number of anilines is 1. The van der Waals surface area contributed by atoms with Gasteiger partial charge < -0.3 is 16.0 Å². The fraction of sp³-hybridized carbons (Fsp3) is 0.462. The van der Waals surface area contributed by atoms with E-state index >= 15 is 0 Å². The van der Waals surface area contributed by atoms with Crippen LogP contribution in [0.4, 0.5) is 5.69 Å². The van der Waals surface area contributed by atoms with Gasteiger partial charge in [0.05, 0.1) is 24.5 Å². The van der Waals surface area contributed by atoms with Gasteiger partial charge in [0.2, 0.25) is 11.8 Å². The maximum atomic E-state index is 12.2. The van der Waals surface area contributed by atoms with Crippen LogP contribution in [0.2, 0.25) is 0 Å². The molecule has 1 aliphatic heterocycles. The van der Waals surface area contributed by atoms with Crippen molar-refractivity contribution < 1.29 is 14.4 Å². The molecule has 0 atom stereocenters. The molecule has 4 rings (SSSR count). The van der Waals surface area contributed by atoms with Crippen LogP contribution in [-0.2, 0) is 9.59 Å². The molecule has 3 N–H and O–H groups in total. The molecule has 0 unspecified atom stereocenters. The molecule has 180 valence electrons. The van der Waals surface area contributed by atoms with Crippen molar-refractivity contribution in [3.05, 3.63) is 59.4 Å². The molecule has 0 spiro atoms. The Hall–Kier alpha value is -3.26. The first-order valence-corrected chi connectivity index (χ1v) is 12.0. The Morgan fingerprint density at radius 2 is 1.82 bits per heavy atom. The number of aryl methyl sites for hydroxylation is 1. The summed E-state index contributed by atoms with van der Waals surface area (Å²) < 4.78 is 0. The highest BCUT2D eigenvalue weighted by Gasteiger charge is 2.35. The topological polar surface area (TPSA) is 103 Å². The number of carbonyl (C=O) groups is 3. The fourth-order valence-corrected chi connectivity index (χ4v) is 4.89. The number of nitrogens with zero attached hydrogens (tertiary/aromatic N) is 2. The van der Waals surface area contributed by atoms with Crippen molar-refractivity contribution in [2.45, 2.75) is 57.5 Å². The van der Waals surface area contributed by atoms with Gasteiger partial charge in [0.15, 0.2) is 0 Å². The highest BCUT2D eigenvalue weighted by Crippen LogP contribution is 2.35. The Kier molecular flexibility index (Phi) is 7.57. The van der Waals surface area contributed by atoms with E-state index in [1.165, 1.54) is 6.92 Å². The monoisotopic (exact) mass is 463 g/mol. The predicted octanol–water partition coefficient (Wildman–Crippen LogP) is 2.61. The minimum absolute atomic E-state index is 0.0118. The summed E-state index contributed by atoms with van der Waals surface area (Å²) in [5.41, 5.74) is 3.40. The number of hydrogen-bond donors (Lipinski definition) is 3. The first-order valence-electron chi connectivity index (χ1n) is 12.0. The molecule has 1 aromatic heterocycles. The average Bonchev–Trinajstić information content (AvgIpc) is 2.80. The number of benzene rings is 1. The summed E-state index contributed by atoms with van der Waals surface area (Å²) in [6.07, 6.45) is 6.15. The average molecular weight is 464 g/mol. The van der Waals surface area contributed by atoms with Crippen molar-refractivity contribution in [3.63, 3.8) is 0 Å². The molecule has 0 bridgehead atoms. The van der Waals surface area contributed by atoms with Gasteiger partial charge >= 0.3 is 0 Å². The molecule has 8 nitrogen and oxygen atoms in total. The maximum Gasteiger partial charge on any atom is 0.251 e. The van der Waals surface area contributed by atoms with Crippen LogP contribution in [0.25, 0.3) is 0 Å². The molecule has 34 heavy (non-hydrogen) atoms. The fourth-order valence-electron chi connectivity index (χ4n) is 4.89. The summed E-state index contributed by atoms with van der Waals surface area (Å²) in [5, 5.41) is 8.47. The number of nitrogens with one attached hydrogen (secondary N) is 3. The van der Waals surface area contributed by atoms with Crippen molar-refractivity contribution >= 4 is 23.4 Å². The van der Waals surface area contributed by atoms with Crippen molar-refractivity contribution in [2.24, 2.45) is 0 Å². The number of pyridine rings is 1. The van der Waals surface area contributed by atoms with Gasteiger partial charge in [-0.2, -0.15) is 0 Å². The normalized spacial score (nSPS) is 20.8. The zero-order valence-electron chi connectivity index (χ0n) is 19.8. The molecule has 3 amide bonds. The van der Waals surface area contributed by atoms with E-state index < -0.39 is 0 Å². The summed E-state index contributed by atoms with van der Waals surface area (Å²) in [7, 11) is 0. The molecular formula is C26H33N5O3. The minimum Gasteiger partial charge on any atom is -0.349 e. The lowest BCUT2D eigenvalue weighted by Gasteiger charge is -2.46. The van der Waals surface area contributed by atoms with E-state index in [2.05, 4.69) is 25.8 Å². The Morgan fingerprint density at radius 3 is 2.47 bits per heavy atom. The maximum absolute atomic E-state index is 12.2. The molecule has 2 aliphatic rings. The first-order chi connectivity index (χ1) is 16.4. The highest BCUT2D eigenvalue weighted by atomic mass is 16.2. The minimum atomic E-state index is -0.231. The number of hydrogen-bond acceptors (Lipinski definition) is 5. The number of rotatable bonds is 7. The van der Waals surface area contributed by atoms with Gasteiger partial charge in [-0.15, -0.1) is 0 Å². The molecule has 1 saturated heterocycles. The predicted molar refractivity (Wildman–Crippen MR) is 131 cm³/mol. The molecule has 2 fully saturated rings. The van der Waals surface area contributed by atoms with Crippen molar-refractivity contribution in [1.29, 1.82) is 0 Å². The first kappa shape index (κ1) is 23.9.